The molecule has 2 aromatic heterocycles. The quantitative estimate of drug-likeness (QED) is 0.153. The van der Waals surface area contributed by atoms with E-state index in [2.05, 4.69) is 41.7 Å². The van der Waals surface area contributed by atoms with E-state index in [4.69, 9.17) is 0 Å². The van der Waals surface area contributed by atoms with Crippen molar-refractivity contribution in [1.29, 1.82) is 0 Å². The second-order valence-corrected chi connectivity index (χ2v) is 12.4. The lowest BCUT2D eigenvalue weighted by atomic mass is 9.82. The molecule has 1 saturated carbocycles. The summed E-state index contributed by atoms with van der Waals surface area (Å²) in [7, 11) is 0. The number of nitrogens with zero attached hydrogens (tertiary/aromatic N) is 4. The van der Waals surface area contributed by atoms with Crippen LogP contribution in [0.4, 0.5) is 21.6 Å². The second-order valence-electron chi connectivity index (χ2n) is 10.4. The highest BCUT2D eigenvalue weighted by Crippen LogP contribution is 2.43. The minimum absolute atomic E-state index is 0.110. The van der Waals surface area contributed by atoms with E-state index in [0.717, 1.165) is 71.3 Å². The van der Waals surface area contributed by atoms with E-state index in [1.165, 1.54) is 22.7 Å². The van der Waals surface area contributed by atoms with Crippen molar-refractivity contribution in [3.05, 3.63) is 69.7 Å². The van der Waals surface area contributed by atoms with Gasteiger partial charge in [-0.05, 0) is 68.5 Å². The predicted octanol–water partition coefficient (Wildman–Crippen LogP) is 6.06. The van der Waals surface area contributed by atoms with Gasteiger partial charge in [0.05, 0.1) is 12.8 Å². The smallest absolute Gasteiger partial charge is 0.230 e. The van der Waals surface area contributed by atoms with E-state index in [0.29, 0.717) is 10.3 Å². The fraction of sp³-hybridized carbons (Fsp3) is 0.400. The molecule has 0 saturated heterocycles. The molecule has 42 heavy (non-hydrogen) atoms. The van der Waals surface area contributed by atoms with Crippen molar-refractivity contribution in [1.82, 2.24) is 20.4 Å². The molecule has 0 spiro atoms. The van der Waals surface area contributed by atoms with Gasteiger partial charge in [-0.1, -0.05) is 53.4 Å². The number of amides is 2. The van der Waals surface area contributed by atoms with Gasteiger partial charge < -0.3 is 21.3 Å². The van der Waals surface area contributed by atoms with E-state index in [-0.39, 0.29) is 36.5 Å². The standard InChI is InChI=1S/C30H36N8O2S2/c1-3-31-23-12-5-8-19(14-23)16-25(39)33-29-37-35-27(41-29)21-10-7-11-22(18-21)28-36-38-30(42-28)34-26(40)17-20-9-6-13-24(15-20)32-4-2/h5-6,8-9,12-15,21-22,31-32H,3-4,7,10-11,16-18H2,1-2H3,(H,33,37,39)(H,34,38,40)/t21-,22-/m0/s1. The maximum atomic E-state index is 12.7. The van der Waals surface area contributed by atoms with Gasteiger partial charge in [-0.15, -0.1) is 20.4 Å². The third kappa shape index (κ3) is 8.10. The molecule has 220 valence electrons. The molecule has 0 aliphatic heterocycles. The van der Waals surface area contributed by atoms with E-state index in [1.807, 2.05) is 62.4 Å². The Morgan fingerprint density at radius 2 is 1.21 bits per heavy atom. The monoisotopic (exact) mass is 604 g/mol. The van der Waals surface area contributed by atoms with Crippen LogP contribution >= 0.6 is 22.7 Å². The van der Waals surface area contributed by atoms with Crippen LogP contribution in [0.1, 0.15) is 72.5 Å². The summed E-state index contributed by atoms with van der Waals surface area (Å²) in [5, 5.41) is 32.6. The summed E-state index contributed by atoms with van der Waals surface area (Å²) in [5.41, 5.74) is 3.89. The van der Waals surface area contributed by atoms with Crippen LogP contribution in [0, 0.1) is 0 Å². The van der Waals surface area contributed by atoms with Gasteiger partial charge >= 0.3 is 0 Å². The Hall–Kier alpha value is -3.90. The third-order valence-electron chi connectivity index (χ3n) is 7.09. The Morgan fingerprint density at radius 1 is 0.738 bits per heavy atom. The topological polar surface area (TPSA) is 134 Å². The number of rotatable bonds is 12. The average molecular weight is 605 g/mol. The van der Waals surface area contributed by atoms with Crippen LogP contribution in [-0.4, -0.2) is 45.3 Å². The SMILES string of the molecule is CCNc1cccc(CC(=O)Nc2nnc([C@H]3CCC[C@H](c4nnc(NC(=O)Cc5cccc(NCC)c5)s4)C3)s2)c1. The zero-order valence-electron chi connectivity index (χ0n) is 23.9. The van der Waals surface area contributed by atoms with Gasteiger partial charge in [0.25, 0.3) is 0 Å². The summed E-state index contributed by atoms with van der Waals surface area (Å²) in [6.45, 7) is 5.74. The summed E-state index contributed by atoms with van der Waals surface area (Å²) in [6, 6.07) is 15.8. The van der Waals surface area contributed by atoms with Gasteiger partial charge in [-0.25, -0.2) is 0 Å². The fourth-order valence-corrected chi connectivity index (χ4v) is 7.04. The Kier molecular flexibility index (Phi) is 10.1. The lowest BCUT2D eigenvalue weighted by Crippen LogP contribution is -2.14. The highest BCUT2D eigenvalue weighted by atomic mass is 32.1. The average Bonchev–Trinajstić information content (AvgIpc) is 3.64. The summed E-state index contributed by atoms with van der Waals surface area (Å²) in [5.74, 6) is 0.271. The zero-order valence-corrected chi connectivity index (χ0v) is 25.5. The van der Waals surface area contributed by atoms with Crippen molar-refractivity contribution in [3.63, 3.8) is 0 Å². The van der Waals surface area contributed by atoms with E-state index >= 15 is 0 Å². The van der Waals surface area contributed by atoms with Crippen LogP contribution in [0.3, 0.4) is 0 Å². The molecule has 0 radical (unpaired) electrons. The molecule has 4 N–H and O–H groups in total. The van der Waals surface area contributed by atoms with Crippen molar-refractivity contribution in [3.8, 4) is 0 Å². The molecule has 4 aromatic rings. The highest BCUT2D eigenvalue weighted by molar-refractivity contribution is 7.15. The molecule has 2 amide bonds. The van der Waals surface area contributed by atoms with Crippen LogP contribution in [0.2, 0.25) is 0 Å². The summed E-state index contributed by atoms with van der Waals surface area (Å²) < 4.78 is 0. The number of aromatic nitrogens is 4. The molecule has 2 heterocycles. The van der Waals surface area contributed by atoms with Gasteiger partial charge in [0.2, 0.25) is 22.1 Å². The number of nitrogens with one attached hydrogen (secondary N) is 4. The number of hydrogen-bond acceptors (Lipinski definition) is 10. The van der Waals surface area contributed by atoms with E-state index in [9.17, 15) is 9.59 Å². The third-order valence-corrected chi connectivity index (χ3v) is 9.09. The molecule has 5 rings (SSSR count). The fourth-order valence-electron chi connectivity index (χ4n) is 5.23. The second kappa shape index (κ2) is 14.3. The van der Waals surface area contributed by atoms with Crippen molar-refractivity contribution >= 4 is 56.1 Å². The van der Waals surface area contributed by atoms with Crippen LogP contribution in [0.5, 0.6) is 0 Å². The largest absolute Gasteiger partial charge is 0.385 e. The van der Waals surface area contributed by atoms with Gasteiger partial charge in [0.1, 0.15) is 10.0 Å². The maximum Gasteiger partial charge on any atom is 0.230 e. The van der Waals surface area contributed by atoms with E-state index in [1.54, 1.807) is 0 Å². The Labute approximate surface area is 253 Å². The number of anilines is 4. The molecule has 0 bridgehead atoms. The van der Waals surface area contributed by atoms with Crippen molar-refractivity contribution in [2.75, 3.05) is 34.4 Å². The molecule has 1 aliphatic rings. The minimum atomic E-state index is -0.110. The van der Waals surface area contributed by atoms with Gasteiger partial charge in [0, 0.05) is 36.3 Å². The van der Waals surface area contributed by atoms with Crippen LogP contribution in [0.15, 0.2) is 48.5 Å². The number of carbonyl (C=O) groups excluding carboxylic acids is 2. The summed E-state index contributed by atoms with van der Waals surface area (Å²) >= 11 is 2.89. The van der Waals surface area contributed by atoms with Crippen LogP contribution < -0.4 is 21.3 Å². The first kappa shape index (κ1) is 29.6. The van der Waals surface area contributed by atoms with E-state index < -0.39 is 0 Å². The molecular weight excluding hydrogens is 569 g/mol. The number of hydrogen-bond donors (Lipinski definition) is 4. The lowest BCUT2D eigenvalue weighted by Gasteiger charge is -2.25. The highest BCUT2D eigenvalue weighted by Gasteiger charge is 2.29. The Bertz CT molecular complexity index is 1390. The first-order valence-electron chi connectivity index (χ1n) is 14.4. The predicted molar refractivity (Wildman–Crippen MR) is 170 cm³/mol. The number of carbonyl (C=O) groups is 2. The van der Waals surface area contributed by atoms with Crippen LogP contribution in [-0.2, 0) is 22.4 Å². The summed E-state index contributed by atoms with van der Waals surface area (Å²) in [6.07, 6.45) is 4.52. The van der Waals surface area contributed by atoms with Crippen LogP contribution in [0.25, 0.3) is 0 Å². The molecule has 2 aromatic carbocycles. The van der Waals surface area contributed by atoms with Gasteiger partial charge in [-0.2, -0.15) is 0 Å². The first-order valence-corrected chi connectivity index (χ1v) is 16.0. The van der Waals surface area contributed by atoms with Crippen molar-refractivity contribution in [2.24, 2.45) is 0 Å². The zero-order chi connectivity index (χ0) is 29.3. The lowest BCUT2D eigenvalue weighted by molar-refractivity contribution is -0.116. The van der Waals surface area contributed by atoms with Gasteiger partial charge in [-0.3, -0.25) is 9.59 Å². The maximum absolute atomic E-state index is 12.7. The minimum Gasteiger partial charge on any atom is -0.385 e. The molecule has 10 nitrogen and oxygen atoms in total. The first-order chi connectivity index (χ1) is 20.5. The van der Waals surface area contributed by atoms with Crippen molar-refractivity contribution < 1.29 is 9.59 Å². The number of benzene rings is 2. The molecule has 1 aliphatic carbocycles. The van der Waals surface area contributed by atoms with Crippen molar-refractivity contribution in [2.45, 2.75) is 64.2 Å². The summed E-state index contributed by atoms with van der Waals surface area (Å²) in [4.78, 5) is 25.3. The Balaban J connectivity index is 1.13. The Morgan fingerprint density at radius 3 is 1.67 bits per heavy atom. The normalized spacial score (nSPS) is 16.5. The molecule has 12 heteroatoms. The molecular formula is C30H36N8O2S2. The molecule has 0 unspecified atom stereocenters. The molecule has 2 atom stereocenters. The molecule has 1 fully saturated rings. The van der Waals surface area contributed by atoms with Gasteiger partial charge in [0.15, 0.2) is 0 Å².